The zero-order valence-electron chi connectivity index (χ0n) is 30.3. The summed E-state index contributed by atoms with van der Waals surface area (Å²) in [6.07, 6.45) is 4.92. The number of rotatable bonds is 15. The van der Waals surface area contributed by atoms with E-state index in [1.807, 2.05) is 42.5 Å². The van der Waals surface area contributed by atoms with Gasteiger partial charge in [0.15, 0.2) is 0 Å². The number of alkyl carbamates (subject to hydrolysis) is 1. The number of hydrogen-bond acceptors (Lipinski definition) is 9. The molecule has 5 rings (SSSR count). The Kier molecular flexibility index (Phi) is 11.7. The molecule has 0 aliphatic heterocycles. The third-order valence-corrected chi connectivity index (χ3v) is 12.0. The Morgan fingerprint density at radius 2 is 1.62 bits per heavy atom. The summed E-state index contributed by atoms with van der Waals surface area (Å²) in [4.78, 5) is 57.9. The van der Waals surface area contributed by atoms with Crippen molar-refractivity contribution in [3.63, 3.8) is 0 Å². The molecule has 0 aromatic heterocycles. The second kappa shape index (κ2) is 15.7. The molecule has 0 spiro atoms. The van der Waals surface area contributed by atoms with Crippen LogP contribution in [0.15, 0.2) is 67.3 Å². The van der Waals surface area contributed by atoms with E-state index in [4.69, 9.17) is 4.74 Å². The molecule has 0 radical (unpaired) electrons. The maximum absolute atomic E-state index is 14.4. The molecule has 3 aliphatic rings. The smallest absolute Gasteiger partial charge is 0.408 e. The fraction of sp³-hybridized carbons (Fsp3) is 0.526. The monoisotopic (exact) mass is 737 g/mol. The quantitative estimate of drug-likeness (QED) is 0.157. The number of aliphatic hydroxyl groups is 1. The number of hydrogen-bond donors (Lipinski definition) is 4. The van der Waals surface area contributed by atoms with Crippen molar-refractivity contribution < 1.29 is 37.4 Å². The van der Waals surface area contributed by atoms with Gasteiger partial charge in [-0.3, -0.25) is 19.1 Å². The van der Waals surface area contributed by atoms with Crippen molar-refractivity contribution in [1.82, 2.24) is 20.3 Å². The van der Waals surface area contributed by atoms with Gasteiger partial charge in [0.05, 0.1) is 5.25 Å². The molecule has 3 aliphatic carbocycles. The lowest BCUT2D eigenvalue weighted by atomic mass is 9.85. The van der Waals surface area contributed by atoms with Gasteiger partial charge in [0.2, 0.25) is 21.8 Å². The molecule has 4 N–H and O–H groups in total. The van der Waals surface area contributed by atoms with Gasteiger partial charge in [-0.25, -0.2) is 13.2 Å². The number of likely N-dealkylation sites (N-methyl/N-ethyl adjacent to an activating group) is 1. The van der Waals surface area contributed by atoms with Crippen molar-refractivity contribution in [3.8, 4) is 11.1 Å². The fourth-order valence-corrected chi connectivity index (χ4v) is 8.03. The normalized spacial score (nSPS) is 21.3. The van der Waals surface area contributed by atoms with Crippen LogP contribution in [0.4, 0.5) is 10.5 Å². The Hall–Kier alpha value is -4.43. The maximum atomic E-state index is 14.4. The fourth-order valence-electron chi connectivity index (χ4n) is 6.66. The molecule has 13 nitrogen and oxygen atoms in total. The van der Waals surface area contributed by atoms with Crippen molar-refractivity contribution in [2.24, 2.45) is 11.3 Å². The number of nitrogens with one attached hydrogen (secondary N) is 3. The van der Waals surface area contributed by atoms with Gasteiger partial charge < -0.3 is 30.3 Å². The van der Waals surface area contributed by atoms with Crippen LogP contribution in [0.2, 0.25) is 0 Å². The molecule has 0 unspecified atom stereocenters. The van der Waals surface area contributed by atoms with Crippen molar-refractivity contribution in [1.29, 1.82) is 0 Å². The van der Waals surface area contributed by atoms with E-state index in [0.717, 1.165) is 36.8 Å². The number of sulfonamides is 1. The van der Waals surface area contributed by atoms with Crippen molar-refractivity contribution >= 4 is 39.5 Å². The number of amides is 4. The van der Waals surface area contributed by atoms with Gasteiger partial charge in [-0.2, -0.15) is 0 Å². The first kappa shape index (κ1) is 38.8. The van der Waals surface area contributed by atoms with Gasteiger partial charge >= 0.3 is 6.09 Å². The third kappa shape index (κ3) is 8.95. The lowest BCUT2D eigenvalue weighted by Gasteiger charge is -2.38. The molecule has 2 aromatic carbocycles. The summed E-state index contributed by atoms with van der Waals surface area (Å²) >= 11 is 0. The summed E-state index contributed by atoms with van der Waals surface area (Å²) in [5, 5.41) is 15.4. The van der Waals surface area contributed by atoms with Crippen LogP contribution in [0.25, 0.3) is 11.1 Å². The Labute approximate surface area is 306 Å². The predicted molar refractivity (Wildman–Crippen MR) is 197 cm³/mol. The van der Waals surface area contributed by atoms with Crippen LogP contribution >= 0.6 is 0 Å². The summed E-state index contributed by atoms with van der Waals surface area (Å²) in [5.41, 5.74) is 0.0773. The van der Waals surface area contributed by atoms with E-state index in [1.54, 1.807) is 32.9 Å². The largest absolute Gasteiger partial charge is 0.446 e. The minimum Gasteiger partial charge on any atom is -0.446 e. The van der Waals surface area contributed by atoms with Crippen LogP contribution in [0.5, 0.6) is 0 Å². The standard InChI is InChI=1S/C38H51N5O8S/c1-6-27-22-38(27,35(47)41-52(49,50)30-20-21-30)40-33(45)31(23-43(24-44)28-18-16-26(17-19-28)25-12-8-7-9-13-25)42(5)34(46)32(37(2,3)4)39-36(48)51-29-14-10-11-15-29/h6-9,12-13,16-19,27,29-32,44H,1,10-11,14-15,20-24H2,2-5H3,(H,39,48)(H,40,45)(H,41,47)/t27-,31+,32-,38-/m1/s1. The van der Waals surface area contributed by atoms with Gasteiger partial charge in [0.1, 0.15) is 30.5 Å². The first-order chi connectivity index (χ1) is 24.6. The molecule has 2 aromatic rings. The highest BCUT2D eigenvalue weighted by Gasteiger charge is 2.61. The Bertz CT molecular complexity index is 1740. The zero-order chi connectivity index (χ0) is 37.8. The van der Waals surface area contributed by atoms with Crippen LogP contribution < -0.4 is 20.3 Å². The second-order valence-electron chi connectivity index (χ2n) is 15.2. The number of anilines is 1. The topological polar surface area (TPSA) is 174 Å². The number of benzene rings is 2. The average molecular weight is 738 g/mol. The number of carbonyl (C=O) groups is 4. The molecule has 3 fully saturated rings. The van der Waals surface area contributed by atoms with E-state index in [1.165, 1.54) is 22.9 Å². The minimum atomic E-state index is -3.92. The van der Waals surface area contributed by atoms with Crippen LogP contribution in [0.1, 0.15) is 65.7 Å². The van der Waals surface area contributed by atoms with E-state index < -0.39 is 74.8 Å². The Morgan fingerprint density at radius 1 is 1.00 bits per heavy atom. The first-order valence-corrected chi connectivity index (χ1v) is 19.4. The van der Waals surface area contributed by atoms with E-state index in [9.17, 15) is 32.7 Å². The first-order valence-electron chi connectivity index (χ1n) is 17.9. The highest BCUT2D eigenvalue weighted by Crippen LogP contribution is 2.45. The highest BCUT2D eigenvalue weighted by atomic mass is 32.2. The van der Waals surface area contributed by atoms with Gasteiger partial charge in [-0.1, -0.05) is 69.3 Å². The number of nitrogens with zero attached hydrogens (tertiary/aromatic N) is 2. The molecule has 0 heterocycles. The third-order valence-electron chi connectivity index (χ3n) is 10.2. The molecule has 3 saturated carbocycles. The number of aliphatic hydroxyl groups excluding tert-OH is 1. The van der Waals surface area contributed by atoms with E-state index >= 15 is 0 Å². The SMILES string of the molecule is C=C[C@@H]1C[C@]1(NC(=O)[C@H](CN(CO)c1ccc(-c2ccccc2)cc1)N(C)C(=O)[C@@H](NC(=O)OC1CCCC1)C(C)(C)C)C(=O)NS(=O)(=O)C1CC1. The lowest BCUT2D eigenvalue weighted by molar-refractivity contribution is -0.143. The summed E-state index contributed by atoms with van der Waals surface area (Å²) < 4.78 is 33.2. The number of carbonyl (C=O) groups excluding carboxylic acids is 4. The van der Waals surface area contributed by atoms with Crippen molar-refractivity contribution in [2.45, 2.75) is 94.7 Å². The molecule has 282 valence electrons. The van der Waals surface area contributed by atoms with E-state index in [2.05, 4.69) is 21.9 Å². The van der Waals surface area contributed by atoms with Crippen LogP contribution in [0.3, 0.4) is 0 Å². The minimum absolute atomic E-state index is 0.114. The van der Waals surface area contributed by atoms with E-state index in [-0.39, 0.29) is 19.1 Å². The molecule has 14 heteroatoms. The summed E-state index contributed by atoms with van der Waals surface area (Å²) in [6.45, 7) is 8.37. The van der Waals surface area contributed by atoms with Crippen molar-refractivity contribution in [3.05, 3.63) is 67.3 Å². The molecule has 0 bridgehead atoms. The van der Waals surface area contributed by atoms with Crippen molar-refractivity contribution in [2.75, 3.05) is 25.2 Å². The Morgan fingerprint density at radius 3 is 2.15 bits per heavy atom. The summed E-state index contributed by atoms with van der Waals surface area (Å²) in [7, 11) is -2.50. The second-order valence-corrected chi connectivity index (χ2v) is 17.1. The van der Waals surface area contributed by atoms with Gasteiger partial charge in [0, 0.05) is 25.2 Å². The van der Waals surface area contributed by atoms with Crippen LogP contribution in [-0.4, -0.2) is 91.5 Å². The summed E-state index contributed by atoms with van der Waals surface area (Å²) in [6, 6.07) is 14.6. The lowest BCUT2D eigenvalue weighted by Crippen LogP contribution is -2.63. The molecular formula is C38H51N5O8S. The van der Waals surface area contributed by atoms with Gasteiger partial charge in [-0.05, 0) is 73.6 Å². The molecule has 4 atom stereocenters. The molecule has 4 amide bonds. The molecule has 0 saturated heterocycles. The van der Waals surface area contributed by atoms with Gasteiger partial charge in [0.25, 0.3) is 5.91 Å². The highest BCUT2D eigenvalue weighted by molar-refractivity contribution is 7.91. The average Bonchev–Trinajstić information content (AvgIpc) is 4.04. The van der Waals surface area contributed by atoms with Crippen LogP contribution in [0, 0.1) is 11.3 Å². The van der Waals surface area contributed by atoms with Crippen LogP contribution in [-0.2, 0) is 29.1 Å². The Balaban J connectivity index is 1.42. The summed E-state index contributed by atoms with van der Waals surface area (Å²) in [5.74, 6) is -2.77. The van der Waals surface area contributed by atoms with E-state index in [0.29, 0.717) is 18.5 Å². The predicted octanol–water partition coefficient (Wildman–Crippen LogP) is 3.69. The number of ether oxygens (including phenoxy) is 1. The molecular weight excluding hydrogens is 687 g/mol. The zero-order valence-corrected chi connectivity index (χ0v) is 31.2. The van der Waals surface area contributed by atoms with Gasteiger partial charge in [-0.15, -0.1) is 6.58 Å². The molecule has 52 heavy (non-hydrogen) atoms. The maximum Gasteiger partial charge on any atom is 0.408 e.